The molecule has 1 atom stereocenters. The molecule has 4 rings (SSSR count). The summed E-state index contributed by atoms with van der Waals surface area (Å²) in [7, 11) is 0. The summed E-state index contributed by atoms with van der Waals surface area (Å²) >= 11 is 6.79. The summed E-state index contributed by atoms with van der Waals surface area (Å²) < 4.78 is 0. The van der Waals surface area contributed by atoms with Gasteiger partial charge in [0.15, 0.2) is 0 Å². The van der Waals surface area contributed by atoms with Crippen LogP contribution >= 0.6 is 11.6 Å². The van der Waals surface area contributed by atoms with Crippen LogP contribution in [0.2, 0.25) is 5.02 Å². The van der Waals surface area contributed by atoms with Crippen LogP contribution in [0.3, 0.4) is 0 Å². The van der Waals surface area contributed by atoms with Gasteiger partial charge in [-0.1, -0.05) is 42.8 Å². The zero-order valence-corrected chi connectivity index (χ0v) is 19.1. The number of aliphatic hydroxyl groups is 1. The molecule has 2 aromatic rings. The highest BCUT2D eigenvalue weighted by Crippen LogP contribution is 2.53. The van der Waals surface area contributed by atoms with Crippen molar-refractivity contribution in [1.29, 1.82) is 0 Å². The number of allylic oxidation sites excluding steroid dienone is 2. The molecule has 0 saturated heterocycles. The lowest BCUT2D eigenvalue weighted by Crippen LogP contribution is -2.25. The van der Waals surface area contributed by atoms with Gasteiger partial charge in [0.25, 0.3) is 0 Å². The van der Waals surface area contributed by atoms with E-state index in [1.807, 2.05) is 25.1 Å². The standard InChI is InChI=1S/C26H27ClN2O3/c1-4-22(31)29-21-7-5-6-16(14(21)2)24-20(27)11-19(25(28)32)18-10-15-12-26(3,13-30)9-8-17(15)23(18)24/h4-7,11,30H,1,8-10,12-13H2,2-3H3,(H2,28,32)(H,29,31). The van der Waals surface area contributed by atoms with Crippen molar-refractivity contribution in [2.24, 2.45) is 11.1 Å². The van der Waals surface area contributed by atoms with Gasteiger partial charge in [0, 0.05) is 28.4 Å². The van der Waals surface area contributed by atoms with Gasteiger partial charge in [-0.25, -0.2) is 0 Å². The SMILES string of the molecule is C=CC(=O)Nc1cccc(-c2c(Cl)cc(C(N)=O)c3c2C2=C(C3)CC(C)(CO)CC2)c1C. The number of hydrogen-bond acceptors (Lipinski definition) is 3. The van der Waals surface area contributed by atoms with Gasteiger partial charge in [-0.2, -0.15) is 0 Å². The van der Waals surface area contributed by atoms with E-state index in [1.165, 1.54) is 17.2 Å². The number of rotatable bonds is 5. The third kappa shape index (κ3) is 3.65. The fourth-order valence-electron chi connectivity index (χ4n) is 5.05. The third-order valence-corrected chi connectivity index (χ3v) is 7.12. The van der Waals surface area contributed by atoms with Gasteiger partial charge in [-0.3, -0.25) is 9.59 Å². The number of nitrogens with two attached hydrogens (primary N) is 1. The molecule has 2 aromatic carbocycles. The molecule has 32 heavy (non-hydrogen) atoms. The van der Waals surface area contributed by atoms with Crippen molar-refractivity contribution in [2.45, 2.75) is 39.5 Å². The average Bonchev–Trinajstić information content (AvgIpc) is 3.12. The van der Waals surface area contributed by atoms with Crippen LogP contribution in [-0.2, 0) is 11.2 Å². The van der Waals surface area contributed by atoms with E-state index in [9.17, 15) is 14.7 Å². The van der Waals surface area contributed by atoms with Crippen molar-refractivity contribution in [3.63, 3.8) is 0 Å². The monoisotopic (exact) mass is 450 g/mol. The Balaban J connectivity index is 1.95. The molecule has 2 aliphatic rings. The minimum atomic E-state index is -0.497. The predicted molar refractivity (Wildman–Crippen MR) is 129 cm³/mol. The highest BCUT2D eigenvalue weighted by molar-refractivity contribution is 6.34. The lowest BCUT2D eigenvalue weighted by atomic mass is 9.73. The van der Waals surface area contributed by atoms with Crippen molar-refractivity contribution in [2.75, 3.05) is 11.9 Å². The van der Waals surface area contributed by atoms with Crippen LogP contribution in [0.25, 0.3) is 16.7 Å². The summed E-state index contributed by atoms with van der Waals surface area (Å²) in [5.41, 5.74) is 13.6. The summed E-state index contributed by atoms with van der Waals surface area (Å²) in [6.07, 6.45) is 4.30. The van der Waals surface area contributed by atoms with Crippen LogP contribution in [0.1, 0.15) is 53.2 Å². The smallest absolute Gasteiger partial charge is 0.249 e. The van der Waals surface area contributed by atoms with Gasteiger partial charge < -0.3 is 16.2 Å². The predicted octanol–water partition coefficient (Wildman–Crippen LogP) is 5.03. The Hall–Kier alpha value is -2.89. The minimum absolute atomic E-state index is 0.126. The van der Waals surface area contributed by atoms with E-state index in [-0.39, 0.29) is 17.9 Å². The lowest BCUT2D eigenvalue weighted by molar-refractivity contribution is -0.111. The first kappa shape index (κ1) is 22.3. The van der Waals surface area contributed by atoms with Crippen LogP contribution in [-0.4, -0.2) is 23.5 Å². The maximum atomic E-state index is 12.3. The van der Waals surface area contributed by atoms with Gasteiger partial charge >= 0.3 is 0 Å². The Morgan fingerprint density at radius 1 is 1.34 bits per heavy atom. The van der Waals surface area contributed by atoms with E-state index in [4.69, 9.17) is 17.3 Å². The molecule has 5 nitrogen and oxygen atoms in total. The molecule has 6 heteroatoms. The molecule has 1 unspecified atom stereocenters. The van der Waals surface area contributed by atoms with Crippen molar-refractivity contribution in [1.82, 2.24) is 0 Å². The molecule has 166 valence electrons. The maximum Gasteiger partial charge on any atom is 0.249 e. The molecule has 4 N–H and O–H groups in total. The van der Waals surface area contributed by atoms with Crippen LogP contribution in [0.15, 0.2) is 42.5 Å². The van der Waals surface area contributed by atoms with E-state index in [0.29, 0.717) is 22.7 Å². The topological polar surface area (TPSA) is 92.4 Å². The van der Waals surface area contributed by atoms with E-state index in [1.54, 1.807) is 6.07 Å². The molecule has 2 amide bonds. The second-order valence-electron chi connectivity index (χ2n) is 9.07. The Morgan fingerprint density at radius 3 is 2.75 bits per heavy atom. The number of nitrogens with one attached hydrogen (secondary N) is 1. The van der Waals surface area contributed by atoms with E-state index >= 15 is 0 Å². The van der Waals surface area contributed by atoms with Gasteiger partial charge in [-0.05, 0) is 84.1 Å². The summed E-state index contributed by atoms with van der Waals surface area (Å²) in [6, 6.07) is 7.35. The highest BCUT2D eigenvalue weighted by atomic mass is 35.5. The Bertz CT molecular complexity index is 1200. The third-order valence-electron chi connectivity index (χ3n) is 6.82. The molecule has 0 aromatic heterocycles. The largest absolute Gasteiger partial charge is 0.396 e. The van der Waals surface area contributed by atoms with Crippen molar-refractivity contribution < 1.29 is 14.7 Å². The molecule has 0 fully saturated rings. The number of aliphatic hydroxyl groups excluding tert-OH is 1. The van der Waals surface area contributed by atoms with Crippen molar-refractivity contribution in [3.05, 3.63) is 69.8 Å². The first-order valence-electron chi connectivity index (χ1n) is 10.7. The Morgan fingerprint density at radius 2 is 2.09 bits per heavy atom. The summed E-state index contributed by atoms with van der Waals surface area (Å²) in [6.45, 7) is 7.68. The van der Waals surface area contributed by atoms with Gasteiger partial charge in [-0.15, -0.1) is 0 Å². The molecule has 0 bridgehead atoms. The fraction of sp³-hybridized carbons (Fsp3) is 0.308. The number of anilines is 1. The molecule has 2 aliphatic carbocycles. The highest BCUT2D eigenvalue weighted by Gasteiger charge is 2.38. The summed E-state index contributed by atoms with van der Waals surface area (Å²) in [4.78, 5) is 24.2. The number of fused-ring (bicyclic) bond motifs is 2. The summed E-state index contributed by atoms with van der Waals surface area (Å²) in [5.74, 6) is -0.783. The van der Waals surface area contributed by atoms with Gasteiger partial charge in [0.1, 0.15) is 0 Å². The molecule has 0 aliphatic heterocycles. The lowest BCUT2D eigenvalue weighted by Gasteiger charge is -2.33. The second-order valence-corrected chi connectivity index (χ2v) is 9.48. The zero-order chi connectivity index (χ0) is 23.2. The quantitative estimate of drug-likeness (QED) is 0.557. The number of carbonyl (C=O) groups is 2. The number of benzene rings is 2. The number of amides is 2. The number of halogens is 1. The van der Waals surface area contributed by atoms with Crippen LogP contribution in [0.4, 0.5) is 5.69 Å². The maximum absolute atomic E-state index is 12.3. The van der Waals surface area contributed by atoms with Crippen LogP contribution < -0.4 is 11.1 Å². The molecule has 0 spiro atoms. The fourth-order valence-corrected chi connectivity index (χ4v) is 5.35. The second kappa shape index (κ2) is 8.23. The van der Waals surface area contributed by atoms with Gasteiger partial charge in [0.2, 0.25) is 11.8 Å². The first-order valence-corrected chi connectivity index (χ1v) is 11.1. The normalized spacial score (nSPS) is 19.4. The number of primary amides is 1. The molecule has 0 saturated carbocycles. The molecule has 0 heterocycles. The van der Waals surface area contributed by atoms with E-state index in [2.05, 4.69) is 18.8 Å². The Labute approximate surface area is 193 Å². The minimum Gasteiger partial charge on any atom is -0.396 e. The Kier molecular flexibility index (Phi) is 5.74. The molecular weight excluding hydrogens is 424 g/mol. The van der Waals surface area contributed by atoms with Crippen molar-refractivity contribution >= 4 is 34.7 Å². The van der Waals surface area contributed by atoms with Crippen LogP contribution in [0, 0.1) is 12.3 Å². The molecule has 0 radical (unpaired) electrons. The van der Waals surface area contributed by atoms with Gasteiger partial charge in [0.05, 0.1) is 0 Å². The van der Waals surface area contributed by atoms with Crippen LogP contribution in [0.5, 0.6) is 0 Å². The number of hydrogen-bond donors (Lipinski definition) is 3. The molecular formula is C26H27ClN2O3. The zero-order valence-electron chi connectivity index (χ0n) is 18.3. The summed E-state index contributed by atoms with van der Waals surface area (Å²) in [5, 5.41) is 13.2. The van der Waals surface area contributed by atoms with E-state index in [0.717, 1.165) is 47.1 Å². The first-order chi connectivity index (χ1) is 15.2. The number of carbonyl (C=O) groups excluding carboxylic acids is 2. The van der Waals surface area contributed by atoms with E-state index < -0.39 is 5.91 Å². The average molecular weight is 451 g/mol. The van der Waals surface area contributed by atoms with Crippen molar-refractivity contribution in [3.8, 4) is 11.1 Å².